The third-order valence-electron chi connectivity index (χ3n) is 3.26. The lowest BCUT2D eigenvalue weighted by Gasteiger charge is -2.32. The summed E-state index contributed by atoms with van der Waals surface area (Å²) < 4.78 is 0. The normalized spacial score (nSPS) is 29.8. The van der Waals surface area contributed by atoms with E-state index < -0.39 is 0 Å². The SMILES string of the molecule is CC1CC(C)N(CC(C)(CO)CO)C1. The summed E-state index contributed by atoms with van der Waals surface area (Å²) in [4.78, 5) is 2.37. The van der Waals surface area contributed by atoms with Gasteiger partial charge in [-0.05, 0) is 19.3 Å². The van der Waals surface area contributed by atoms with E-state index in [1.54, 1.807) is 0 Å². The number of nitrogens with zero attached hydrogens (tertiary/aromatic N) is 1. The first-order valence-corrected chi connectivity index (χ1v) is 5.46. The molecule has 0 bridgehead atoms. The van der Waals surface area contributed by atoms with Crippen LogP contribution in [0.2, 0.25) is 0 Å². The van der Waals surface area contributed by atoms with Gasteiger partial charge in [0.1, 0.15) is 0 Å². The van der Waals surface area contributed by atoms with Gasteiger partial charge < -0.3 is 10.2 Å². The summed E-state index contributed by atoms with van der Waals surface area (Å²) in [5, 5.41) is 18.4. The van der Waals surface area contributed by atoms with Crippen LogP contribution in [0.5, 0.6) is 0 Å². The molecule has 84 valence electrons. The van der Waals surface area contributed by atoms with E-state index in [0.717, 1.165) is 19.0 Å². The first-order valence-electron chi connectivity index (χ1n) is 5.46. The number of hydrogen-bond acceptors (Lipinski definition) is 3. The van der Waals surface area contributed by atoms with Crippen molar-refractivity contribution in [3.63, 3.8) is 0 Å². The van der Waals surface area contributed by atoms with Gasteiger partial charge in [0.05, 0.1) is 13.2 Å². The smallest absolute Gasteiger partial charge is 0.0519 e. The largest absolute Gasteiger partial charge is 0.396 e. The number of hydrogen-bond donors (Lipinski definition) is 2. The highest BCUT2D eigenvalue weighted by Crippen LogP contribution is 2.26. The molecule has 0 radical (unpaired) electrons. The number of likely N-dealkylation sites (tertiary alicyclic amines) is 1. The summed E-state index contributed by atoms with van der Waals surface area (Å²) >= 11 is 0. The summed E-state index contributed by atoms with van der Waals surface area (Å²) in [6.45, 7) is 8.41. The van der Waals surface area contributed by atoms with Crippen molar-refractivity contribution in [1.29, 1.82) is 0 Å². The van der Waals surface area contributed by atoms with Crippen molar-refractivity contribution in [1.82, 2.24) is 4.90 Å². The van der Waals surface area contributed by atoms with Crippen LogP contribution in [0.1, 0.15) is 27.2 Å². The molecule has 3 nitrogen and oxygen atoms in total. The average Bonchev–Trinajstić information content (AvgIpc) is 2.45. The van der Waals surface area contributed by atoms with Gasteiger partial charge in [0, 0.05) is 24.5 Å². The Labute approximate surface area is 86.7 Å². The topological polar surface area (TPSA) is 43.7 Å². The van der Waals surface area contributed by atoms with Gasteiger partial charge in [-0.1, -0.05) is 13.8 Å². The Balaban J connectivity index is 2.51. The number of aliphatic hydroxyl groups is 2. The highest BCUT2D eigenvalue weighted by molar-refractivity contribution is 4.85. The van der Waals surface area contributed by atoms with E-state index >= 15 is 0 Å². The van der Waals surface area contributed by atoms with E-state index in [1.807, 2.05) is 6.92 Å². The minimum Gasteiger partial charge on any atom is -0.396 e. The molecule has 0 amide bonds. The molecule has 1 saturated heterocycles. The van der Waals surface area contributed by atoms with Crippen molar-refractivity contribution in [3.05, 3.63) is 0 Å². The van der Waals surface area contributed by atoms with E-state index in [0.29, 0.717) is 6.04 Å². The van der Waals surface area contributed by atoms with Crippen LogP contribution in [0, 0.1) is 11.3 Å². The van der Waals surface area contributed by atoms with Gasteiger partial charge >= 0.3 is 0 Å². The van der Waals surface area contributed by atoms with Crippen LogP contribution in [-0.4, -0.2) is 47.5 Å². The lowest BCUT2D eigenvalue weighted by molar-refractivity contribution is 0.0327. The number of rotatable bonds is 4. The maximum absolute atomic E-state index is 9.21. The third kappa shape index (κ3) is 2.69. The second-order valence-corrected chi connectivity index (χ2v) is 5.25. The first-order chi connectivity index (χ1) is 6.50. The van der Waals surface area contributed by atoms with Crippen LogP contribution in [0.3, 0.4) is 0 Å². The average molecular weight is 201 g/mol. The molecule has 3 heteroatoms. The summed E-state index contributed by atoms with van der Waals surface area (Å²) in [6, 6.07) is 0.586. The van der Waals surface area contributed by atoms with Gasteiger partial charge in [-0.2, -0.15) is 0 Å². The zero-order valence-electron chi connectivity index (χ0n) is 9.53. The standard InChI is InChI=1S/C11H23NO2/c1-9-4-10(2)12(5-9)6-11(3,7-13)8-14/h9-10,13-14H,4-8H2,1-3H3. The molecule has 1 aliphatic heterocycles. The van der Waals surface area contributed by atoms with E-state index in [2.05, 4.69) is 18.7 Å². The van der Waals surface area contributed by atoms with Crippen molar-refractivity contribution < 1.29 is 10.2 Å². The minimum atomic E-state index is -0.349. The lowest BCUT2D eigenvalue weighted by Crippen LogP contribution is -2.42. The highest BCUT2D eigenvalue weighted by Gasteiger charge is 2.32. The second kappa shape index (κ2) is 4.60. The fraction of sp³-hybridized carbons (Fsp3) is 1.00. The summed E-state index contributed by atoms with van der Waals surface area (Å²) in [6.07, 6.45) is 1.23. The quantitative estimate of drug-likeness (QED) is 0.704. The monoisotopic (exact) mass is 201 g/mol. The summed E-state index contributed by atoms with van der Waals surface area (Å²) in [5.41, 5.74) is -0.349. The molecule has 0 aliphatic carbocycles. The van der Waals surface area contributed by atoms with Gasteiger partial charge in [0.2, 0.25) is 0 Å². The van der Waals surface area contributed by atoms with Crippen molar-refractivity contribution >= 4 is 0 Å². The predicted molar refractivity (Wildman–Crippen MR) is 57.1 cm³/mol. The predicted octanol–water partition coefficient (Wildman–Crippen LogP) is 0.708. The van der Waals surface area contributed by atoms with Crippen LogP contribution < -0.4 is 0 Å². The third-order valence-corrected chi connectivity index (χ3v) is 3.26. The molecular formula is C11H23NO2. The van der Waals surface area contributed by atoms with Crippen molar-refractivity contribution in [2.75, 3.05) is 26.3 Å². The zero-order valence-corrected chi connectivity index (χ0v) is 9.53. The molecule has 14 heavy (non-hydrogen) atoms. The molecule has 0 spiro atoms. The molecular weight excluding hydrogens is 178 g/mol. The van der Waals surface area contributed by atoms with Gasteiger partial charge in [0.25, 0.3) is 0 Å². The van der Waals surface area contributed by atoms with Gasteiger partial charge in [-0.15, -0.1) is 0 Å². The van der Waals surface area contributed by atoms with Crippen molar-refractivity contribution in [2.45, 2.75) is 33.2 Å². The van der Waals surface area contributed by atoms with Crippen molar-refractivity contribution in [3.8, 4) is 0 Å². The molecule has 2 N–H and O–H groups in total. The Morgan fingerprint density at radius 3 is 2.21 bits per heavy atom. The fourth-order valence-corrected chi connectivity index (χ4v) is 2.25. The van der Waals surface area contributed by atoms with Crippen LogP contribution in [0.25, 0.3) is 0 Å². The Morgan fingerprint density at radius 1 is 1.29 bits per heavy atom. The van der Waals surface area contributed by atoms with Gasteiger partial charge in [0.15, 0.2) is 0 Å². The fourth-order valence-electron chi connectivity index (χ4n) is 2.25. The molecule has 1 aliphatic rings. The molecule has 2 unspecified atom stereocenters. The van der Waals surface area contributed by atoms with E-state index in [9.17, 15) is 10.2 Å². The molecule has 1 fully saturated rings. The van der Waals surface area contributed by atoms with E-state index in [-0.39, 0.29) is 18.6 Å². The van der Waals surface area contributed by atoms with Gasteiger partial charge in [-0.3, -0.25) is 4.90 Å². The molecule has 2 atom stereocenters. The van der Waals surface area contributed by atoms with Crippen LogP contribution in [0.15, 0.2) is 0 Å². The molecule has 0 aromatic heterocycles. The van der Waals surface area contributed by atoms with E-state index in [4.69, 9.17) is 0 Å². The molecule has 1 heterocycles. The number of aliphatic hydroxyl groups excluding tert-OH is 2. The summed E-state index contributed by atoms with van der Waals surface area (Å²) in [5.74, 6) is 0.742. The van der Waals surface area contributed by atoms with Crippen LogP contribution in [0.4, 0.5) is 0 Å². The van der Waals surface area contributed by atoms with E-state index in [1.165, 1.54) is 6.42 Å². The summed E-state index contributed by atoms with van der Waals surface area (Å²) in [7, 11) is 0. The Bertz CT molecular complexity index is 180. The Kier molecular flexibility index (Phi) is 3.93. The van der Waals surface area contributed by atoms with Crippen molar-refractivity contribution in [2.24, 2.45) is 11.3 Å². The van der Waals surface area contributed by atoms with Gasteiger partial charge in [-0.25, -0.2) is 0 Å². The molecule has 0 aromatic rings. The lowest BCUT2D eigenvalue weighted by atomic mass is 9.92. The second-order valence-electron chi connectivity index (χ2n) is 5.25. The maximum Gasteiger partial charge on any atom is 0.0519 e. The zero-order chi connectivity index (χ0) is 10.8. The molecule has 0 aromatic carbocycles. The Hall–Kier alpha value is -0.120. The van der Waals surface area contributed by atoms with Crippen LogP contribution >= 0.6 is 0 Å². The minimum absolute atomic E-state index is 0.0566. The maximum atomic E-state index is 9.21. The Morgan fingerprint density at radius 2 is 1.86 bits per heavy atom. The highest BCUT2D eigenvalue weighted by atomic mass is 16.3. The van der Waals surface area contributed by atoms with Crippen LogP contribution in [-0.2, 0) is 0 Å². The molecule has 1 rings (SSSR count). The first kappa shape index (κ1) is 12.0. The molecule has 0 saturated carbocycles.